The molecule has 3 saturated heterocycles. The van der Waals surface area contributed by atoms with Gasteiger partial charge in [-0.15, -0.1) is 11.8 Å². The zero-order valence-corrected chi connectivity index (χ0v) is 22.9. The van der Waals surface area contributed by atoms with Crippen molar-refractivity contribution in [3.8, 4) is 11.5 Å². The number of β-lactam (4-membered cyclic amide) rings is 1. The number of aliphatic carboxylic acids is 1. The highest BCUT2D eigenvalue weighted by Crippen LogP contribution is 2.55. The van der Waals surface area contributed by atoms with E-state index < -0.39 is 75.0 Å². The maximum Gasteiger partial charge on any atom is 0.352 e. The summed E-state index contributed by atoms with van der Waals surface area (Å²) < 4.78 is -1.22. The van der Waals surface area contributed by atoms with Gasteiger partial charge in [-0.25, -0.2) is 9.59 Å². The molecule has 7 amide bonds. The first-order chi connectivity index (χ1) is 19.2. The average molecular weight is 593 g/mol. The lowest BCUT2D eigenvalue weighted by atomic mass is 9.88. The number of rotatable bonds is 8. The smallest absolute Gasteiger partial charge is 0.352 e. The van der Waals surface area contributed by atoms with E-state index in [2.05, 4.69) is 16.0 Å². The quantitative estimate of drug-likeness (QED) is 0.0858. The molecular formula is C24H28N6O10S. The van der Waals surface area contributed by atoms with Crippen LogP contribution in [0.25, 0.3) is 0 Å². The summed E-state index contributed by atoms with van der Waals surface area (Å²) in [5, 5.41) is 35.8. The number of nitrogens with one attached hydrogen (secondary N) is 3. The number of piperazine rings is 1. The van der Waals surface area contributed by atoms with E-state index in [1.54, 1.807) is 6.92 Å². The number of imide groups is 1. The molecule has 4 atom stereocenters. The second kappa shape index (κ2) is 10.5. The van der Waals surface area contributed by atoms with Gasteiger partial charge in [-0.2, -0.15) is 0 Å². The van der Waals surface area contributed by atoms with Crippen molar-refractivity contribution in [1.82, 2.24) is 30.7 Å². The second-order valence-electron chi connectivity index (χ2n) is 9.96. The molecule has 3 aliphatic heterocycles. The van der Waals surface area contributed by atoms with Crippen molar-refractivity contribution < 1.29 is 48.9 Å². The number of carboxylic acid groups (broad SMARTS) is 1. The van der Waals surface area contributed by atoms with Crippen molar-refractivity contribution in [3.05, 3.63) is 23.8 Å². The van der Waals surface area contributed by atoms with Crippen LogP contribution in [0.15, 0.2) is 18.2 Å². The minimum Gasteiger partial charge on any atom is -0.504 e. The van der Waals surface area contributed by atoms with E-state index in [1.807, 2.05) is 0 Å². The number of urea groups is 1. The highest BCUT2D eigenvalue weighted by molar-refractivity contribution is 8.01. The predicted molar refractivity (Wildman–Crippen MR) is 139 cm³/mol. The van der Waals surface area contributed by atoms with Crippen LogP contribution in [0.4, 0.5) is 4.79 Å². The van der Waals surface area contributed by atoms with Crippen LogP contribution < -0.4 is 16.0 Å². The summed E-state index contributed by atoms with van der Waals surface area (Å²) in [5.41, 5.74) is -2.13. The Bertz CT molecular complexity index is 1350. The fourth-order valence-corrected chi connectivity index (χ4v) is 6.84. The lowest BCUT2D eigenvalue weighted by molar-refractivity contribution is -0.175. The first kappa shape index (κ1) is 29.4. The molecule has 4 rings (SSSR count). The Kier molecular flexibility index (Phi) is 7.51. The molecule has 1 aromatic carbocycles. The predicted octanol–water partition coefficient (Wildman–Crippen LogP) is -1.76. The van der Waals surface area contributed by atoms with E-state index in [0.29, 0.717) is 4.90 Å². The molecule has 0 spiro atoms. The van der Waals surface area contributed by atoms with Gasteiger partial charge in [0.05, 0.1) is 4.75 Å². The molecule has 0 bridgehead atoms. The summed E-state index contributed by atoms with van der Waals surface area (Å²) in [6.45, 7) is 4.89. The zero-order chi connectivity index (χ0) is 30.4. The lowest BCUT2D eigenvalue weighted by Crippen LogP contribution is -2.79. The van der Waals surface area contributed by atoms with Gasteiger partial charge < -0.3 is 36.2 Å². The first-order valence-electron chi connectivity index (χ1n) is 12.4. The number of likely N-dealkylation sites (N-methyl/N-ethyl adjacent to an activating group) is 1. The Balaban J connectivity index is 1.59. The Morgan fingerprint density at radius 3 is 2.39 bits per heavy atom. The molecule has 3 fully saturated rings. The largest absolute Gasteiger partial charge is 0.504 e. The van der Waals surface area contributed by atoms with Crippen molar-refractivity contribution in [2.24, 2.45) is 0 Å². The molecule has 0 saturated carbocycles. The number of amides is 7. The molecule has 3 aliphatic rings. The number of hydrogen-bond acceptors (Lipinski definition) is 10. The van der Waals surface area contributed by atoms with E-state index >= 15 is 0 Å². The van der Waals surface area contributed by atoms with Gasteiger partial charge in [0.1, 0.15) is 17.5 Å². The van der Waals surface area contributed by atoms with Gasteiger partial charge in [0.2, 0.25) is 18.0 Å². The van der Waals surface area contributed by atoms with Crippen molar-refractivity contribution in [1.29, 1.82) is 0 Å². The fourth-order valence-electron chi connectivity index (χ4n) is 5.13. The van der Waals surface area contributed by atoms with E-state index in [4.69, 9.17) is 0 Å². The molecule has 220 valence electrons. The van der Waals surface area contributed by atoms with Gasteiger partial charge in [0.25, 0.3) is 5.91 Å². The molecule has 0 aliphatic carbocycles. The SMILES string of the molecule is CCN1CCN(C(=O)NC(C(=O)N[C@H]2C(=O)N3[C@@H]2SC(C)(C)[C@]3(NC=O)C(=O)O)c2ccc(O)c(O)c2)C(=O)C1=O. The van der Waals surface area contributed by atoms with Gasteiger partial charge >= 0.3 is 23.8 Å². The number of thioether (sulfide) groups is 1. The zero-order valence-electron chi connectivity index (χ0n) is 22.1. The van der Waals surface area contributed by atoms with Crippen molar-refractivity contribution in [2.45, 2.75) is 48.6 Å². The summed E-state index contributed by atoms with van der Waals surface area (Å²) in [4.78, 5) is 90.9. The number of benzene rings is 1. The number of phenolic OH excluding ortho intramolecular Hbond substituents is 2. The van der Waals surface area contributed by atoms with Crippen molar-refractivity contribution >= 4 is 53.8 Å². The van der Waals surface area contributed by atoms with Crippen LogP contribution in [0.3, 0.4) is 0 Å². The number of carboxylic acids is 1. The normalized spacial score (nSPS) is 25.6. The molecule has 6 N–H and O–H groups in total. The summed E-state index contributed by atoms with van der Waals surface area (Å²) >= 11 is 1.03. The molecule has 0 radical (unpaired) electrons. The van der Waals surface area contributed by atoms with Gasteiger partial charge in [-0.3, -0.25) is 33.8 Å². The maximum atomic E-state index is 13.5. The Morgan fingerprint density at radius 2 is 1.80 bits per heavy atom. The van der Waals surface area contributed by atoms with Crippen LogP contribution in [0.2, 0.25) is 0 Å². The summed E-state index contributed by atoms with van der Waals surface area (Å²) in [5.74, 6) is -6.40. The molecule has 1 unspecified atom stereocenters. The third-order valence-corrected chi connectivity index (χ3v) is 8.97. The van der Waals surface area contributed by atoms with Gasteiger partial charge in [0.15, 0.2) is 11.5 Å². The Morgan fingerprint density at radius 1 is 1.12 bits per heavy atom. The number of nitrogens with zero attached hydrogens (tertiary/aromatic N) is 3. The average Bonchev–Trinajstić information content (AvgIpc) is 3.13. The molecule has 1 aromatic rings. The summed E-state index contributed by atoms with van der Waals surface area (Å²) in [6, 6.07) is -0.711. The number of carbonyl (C=O) groups excluding carboxylic acids is 6. The van der Waals surface area contributed by atoms with Crippen LogP contribution in [0.1, 0.15) is 32.4 Å². The molecule has 41 heavy (non-hydrogen) atoms. The highest BCUT2D eigenvalue weighted by atomic mass is 32.2. The van der Waals surface area contributed by atoms with E-state index in [9.17, 15) is 48.9 Å². The molecule has 3 heterocycles. The monoisotopic (exact) mass is 592 g/mol. The minimum atomic E-state index is -2.09. The molecule has 16 nitrogen and oxygen atoms in total. The Labute approximate surface area is 237 Å². The molecule has 0 aromatic heterocycles. The van der Waals surface area contributed by atoms with E-state index in [1.165, 1.54) is 24.8 Å². The molecular weight excluding hydrogens is 564 g/mol. The molecule has 17 heteroatoms. The number of carbonyl (C=O) groups is 7. The second-order valence-corrected chi connectivity index (χ2v) is 11.7. The number of hydrogen-bond donors (Lipinski definition) is 6. The van der Waals surface area contributed by atoms with Crippen LogP contribution in [0.5, 0.6) is 11.5 Å². The van der Waals surface area contributed by atoms with E-state index in [0.717, 1.165) is 28.8 Å². The maximum absolute atomic E-state index is 13.5. The lowest BCUT2D eigenvalue weighted by Gasteiger charge is -2.49. The fraction of sp³-hybridized carbons (Fsp3) is 0.458. The third-order valence-electron chi connectivity index (χ3n) is 7.36. The van der Waals surface area contributed by atoms with Crippen LogP contribution in [-0.4, -0.2) is 114 Å². The highest BCUT2D eigenvalue weighted by Gasteiger charge is 2.73. The summed E-state index contributed by atoms with van der Waals surface area (Å²) in [6.07, 6.45) is 0.174. The van der Waals surface area contributed by atoms with Crippen LogP contribution in [-0.2, 0) is 28.8 Å². The number of fused-ring (bicyclic) bond motifs is 1. The Hall–Kier alpha value is -4.54. The van der Waals surface area contributed by atoms with Gasteiger partial charge in [0, 0.05) is 19.6 Å². The van der Waals surface area contributed by atoms with Gasteiger partial charge in [-0.1, -0.05) is 6.07 Å². The number of phenols is 2. The van der Waals surface area contributed by atoms with Gasteiger partial charge in [-0.05, 0) is 38.5 Å². The van der Waals surface area contributed by atoms with Crippen LogP contribution in [0, 0.1) is 0 Å². The number of aromatic hydroxyl groups is 2. The standard InChI is InChI=1S/C24H28N6O10S/c1-4-28-7-8-29(19(37)18(28)36)22(40)27-14(11-5-6-12(32)13(33)9-11)16(34)26-15-17(35)30-20(15)41-23(2,3)24(30,21(38)39)25-10-31/h5-6,9-10,14-15,20,32-33H,4,7-8H2,1-3H3,(H,25,31)(H,26,34)(H,27,40)(H,38,39)/t14?,15-,20+,24-/m0/s1. The van der Waals surface area contributed by atoms with Crippen molar-refractivity contribution in [2.75, 3.05) is 19.6 Å². The topological polar surface area (TPSA) is 226 Å². The summed E-state index contributed by atoms with van der Waals surface area (Å²) in [7, 11) is 0. The van der Waals surface area contributed by atoms with E-state index in [-0.39, 0.29) is 31.6 Å². The minimum absolute atomic E-state index is 0.0392. The van der Waals surface area contributed by atoms with Crippen molar-refractivity contribution in [3.63, 3.8) is 0 Å². The first-order valence-corrected chi connectivity index (χ1v) is 13.3. The van der Waals surface area contributed by atoms with Crippen LogP contribution >= 0.6 is 11.8 Å². The third kappa shape index (κ3) is 4.55.